The summed E-state index contributed by atoms with van der Waals surface area (Å²) < 4.78 is 13.3. The minimum Gasteiger partial charge on any atom is -0.506 e. The predicted octanol–water partition coefficient (Wildman–Crippen LogP) is 2.84. The van der Waals surface area contributed by atoms with Gasteiger partial charge in [0.05, 0.1) is 5.02 Å². The summed E-state index contributed by atoms with van der Waals surface area (Å²) in [5.74, 6) is -0.741. The van der Waals surface area contributed by atoms with Crippen LogP contribution in [-0.4, -0.2) is 5.11 Å². The third-order valence-corrected chi connectivity index (χ3v) is 2.47. The first-order valence-electron chi connectivity index (χ1n) is 4.37. The number of rotatable bonds is 2. The van der Waals surface area contributed by atoms with Crippen molar-refractivity contribution in [1.29, 1.82) is 0 Å². The Bertz CT molecular complexity index is 341. The fraction of sp³-hybridized carbons (Fsp3) is 0.400. The second-order valence-electron chi connectivity index (χ2n) is 3.56. The maximum absolute atomic E-state index is 13.3. The highest BCUT2D eigenvalue weighted by atomic mass is 35.5. The molecule has 0 bridgehead atoms. The second-order valence-corrected chi connectivity index (χ2v) is 3.97. The van der Waals surface area contributed by atoms with Gasteiger partial charge >= 0.3 is 0 Å². The lowest BCUT2D eigenvalue weighted by Crippen LogP contribution is -2.18. The molecule has 0 aliphatic heterocycles. The molecule has 0 unspecified atom stereocenters. The molecule has 0 aliphatic rings. The minimum atomic E-state index is -0.548. The largest absolute Gasteiger partial charge is 0.506 e. The van der Waals surface area contributed by atoms with Gasteiger partial charge in [-0.2, -0.15) is 0 Å². The third-order valence-electron chi connectivity index (χ3n) is 2.17. The number of halogens is 2. The summed E-state index contributed by atoms with van der Waals surface area (Å²) in [6.07, 6.45) is 0. The van der Waals surface area contributed by atoms with Crippen molar-refractivity contribution in [3.05, 3.63) is 28.5 Å². The van der Waals surface area contributed by atoms with E-state index in [1.54, 1.807) is 0 Å². The van der Waals surface area contributed by atoms with Gasteiger partial charge in [-0.3, -0.25) is 0 Å². The molecule has 4 heteroatoms. The summed E-state index contributed by atoms with van der Waals surface area (Å²) in [6, 6.07) is 1.97. The summed E-state index contributed by atoms with van der Waals surface area (Å²) in [6.45, 7) is 3.70. The Morgan fingerprint density at radius 3 is 2.50 bits per heavy atom. The van der Waals surface area contributed by atoms with Gasteiger partial charge in [0.15, 0.2) is 0 Å². The Morgan fingerprint density at radius 2 is 2.00 bits per heavy atom. The van der Waals surface area contributed by atoms with Crippen LogP contribution in [-0.2, 0) is 0 Å². The van der Waals surface area contributed by atoms with E-state index in [-0.39, 0.29) is 22.3 Å². The fourth-order valence-electron chi connectivity index (χ4n) is 1.21. The van der Waals surface area contributed by atoms with Crippen LogP contribution in [0.15, 0.2) is 12.1 Å². The van der Waals surface area contributed by atoms with Crippen molar-refractivity contribution in [3.8, 4) is 5.75 Å². The van der Waals surface area contributed by atoms with Gasteiger partial charge in [0, 0.05) is 11.6 Å². The zero-order valence-electron chi connectivity index (χ0n) is 8.09. The van der Waals surface area contributed by atoms with E-state index in [0.29, 0.717) is 0 Å². The molecule has 0 fully saturated rings. The summed E-state index contributed by atoms with van der Waals surface area (Å²) in [5.41, 5.74) is 5.84. The SMILES string of the molecule is CC(C)[C@@H](N)c1c(F)ccc(Cl)c1O. The van der Waals surface area contributed by atoms with Crippen molar-refractivity contribution < 1.29 is 9.50 Å². The molecule has 0 amide bonds. The van der Waals surface area contributed by atoms with E-state index in [1.165, 1.54) is 12.1 Å². The topological polar surface area (TPSA) is 46.2 Å². The van der Waals surface area contributed by atoms with Crippen molar-refractivity contribution in [3.63, 3.8) is 0 Å². The van der Waals surface area contributed by atoms with E-state index >= 15 is 0 Å². The Labute approximate surface area is 87.5 Å². The van der Waals surface area contributed by atoms with Crippen molar-refractivity contribution in [2.24, 2.45) is 11.7 Å². The first kappa shape index (κ1) is 11.3. The van der Waals surface area contributed by atoms with Gasteiger partial charge in [-0.25, -0.2) is 4.39 Å². The minimum absolute atomic E-state index is 0.0360. The smallest absolute Gasteiger partial charge is 0.141 e. The molecular formula is C10H13ClFNO. The Morgan fingerprint density at radius 1 is 1.43 bits per heavy atom. The van der Waals surface area contributed by atoms with Gasteiger partial charge in [-0.05, 0) is 18.1 Å². The molecule has 0 radical (unpaired) electrons. The fourth-order valence-corrected chi connectivity index (χ4v) is 1.37. The number of hydrogen-bond acceptors (Lipinski definition) is 2. The molecule has 0 saturated carbocycles. The summed E-state index contributed by atoms with van der Waals surface area (Å²) in [7, 11) is 0. The van der Waals surface area contributed by atoms with Crippen LogP contribution in [0.3, 0.4) is 0 Å². The van der Waals surface area contributed by atoms with Crippen LogP contribution in [0.2, 0.25) is 5.02 Å². The number of phenols is 1. The molecule has 0 aliphatic carbocycles. The highest BCUT2D eigenvalue weighted by Crippen LogP contribution is 2.35. The lowest BCUT2D eigenvalue weighted by atomic mass is 9.96. The normalized spacial score (nSPS) is 13.3. The maximum atomic E-state index is 13.3. The summed E-state index contributed by atoms with van der Waals surface area (Å²) in [5, 5.41) is 9.67. The first-order valence-corrected chi connectivity index (χ1v) is 4.75. The summed E-state index contributed by atoms with van der Waals surface area (Å²) >= 11 is 5.66. The van der Waals surface area contributed by atoms with Crippen LogP contribution >= 0.6 is 11.6 Å². The monoisotopic (exact) mass is 217 g/mol. The standard InChI is InChI=1S/C10H13ClFNO/c1-5(2)9(13)8-7(12)4-3-6(11)10(8)14/h3-5,9,14H,13H2,1-2H3/t9-/m1/s1. The van der Waals surface area contributed by atoms with Crippen LogP contribution in [0.5, 0.6) is 5.75 Å². The molecule has 3 N–H and O–H groups in total. The molecule has 0 aromatic heterocycles. The first-order chi connectivity index (χ1) is 6.45. The van der Waals surface area contributed by atoms with E-state index in [2.05, 4.69) is 0 Å². The third kappa shape index (κ3) is 1.99. The molecule has 14 heavy (non-hydrogen) atoms. The maximum Gasteiger partial charge on any atom is 0.141 e. The number of aromatic hydroxyl groups is 1. The van der Waals surface area contributed by atoms with E-state index in [4.69, 9.17) is 17.3 Å². The van der Waals surface area contributed by atoms with Crippen LogP contribution in [0.4, 0.5) is 4.39 Å². The van der Waals surface area contributed by atoms with Gasteiger partial charge in [0.1, 0.15) is 11.6 Å². The Hall–Kier alpha value is -0.800. The van der Waals surface area contributed by atoms with E-state index in [1.807, 2.05) is 13.8 Å². The zero-order chi connectivity index (χ0) is 10.9. The quantitative estimate of drug-likeness (QED) is 0.800. The van der Waals surface area contributed by atoms with Gasteiger partial charge in [0.25, 0.3) is 0 Å². The van der Waals surface area contributed by atoms with E-state index in [9.17, 15) is 9.50 Å². The van der Waals surface area contributed by atoms with E-state index < -0.39 is 11.9 Å². The van der Waals surface area contributed by atoms with Gasteiger partial charge in [-0.1, -0.05) is 25.4 Å². The van der Waals surface area contributed by atoms with Crippen LogP contribution < -0.4 is 5.73 Å². The van der Waals surface area contributed by atoms with Gasteiger partial charge < -0.3 is 10.8 Å². The highest BCUT2D eigenvalue weighted by Gasteiger charge is 2.20. The lowest BCUT2D eigenvalue weighted by Gasteiger charge is -2.18. The van der Waals surface area contributed by atoms with Crippen molar-refractivity contribution in [2.45, 2.75) is 19.9 Å². The summed E-state index contributed by atoms with van der Waals surface area (Å²) in [4.78, 5) is 0. The molecule has 0 heterocycles. The van der Waals surface area contributed by atoms with E-state index in [0.717, 1.165) is 0 Å². The van der Waals surface area contributed by atoms with Crippen molar-refractivity contribution in [2.75, 3.05) is 0 Å². The Kier molecular flexibility index (Phi) is 3.34. The Balaban J connectivity index is 3.25. The number of nitrogens with two attached hydrogens (primary N) is 1. The molecule has 2 nitrogen and oxygen atoms in total. The van der Waals surface area contributed by atoms with Crippen LogP contribution in [0.1, 0.15) is 25.5 Å². The molecule has 1 atom stereocenters. The predicted molar refractivity (Wildman–Crippen MR) is 54.8 cm³/mol. The van der Waals surface area contributed by atoms with Crippen molar-refractivity contribution in [1.82, 2.24) is 0 Å². The average Bonchev–Trinajstić information content (AvgIpc) is 2.12. The van der Waals surface area contributed by atoms with Crippen molar-refractivity contribution >= 4 is 11.6 Å². The molecule has 0 spiro atoms. The number of benzene rings is 1. The average molecular weight is 218 g/mol. The molecular weight excluding hydrogens is 205 g/mol. The lowest BCUT2D eigenvalue weighted by molar-refractivity contribution is 0.423. The number of hydrogen-bond donors (Lipinski definition) is 2. The molecule has 78 valence electrons. The molecule has 0 saturated heterocycles. The zero-order valence-corrected chi connectivity index (χ0v) is 8.85. The highest BCUT2D eigenvalue weighted by molar-refractivity contribution is 6.32. The second kappa shape index (κ2) is 4.15. The van der Waals surface area contributed by atoms with Gasteiger partial charge in [-0.15, -0.1) is 0 Å². The van der Waals surface area contributed by atoms with Crippen LogP contribution in [0.25, 0.3) is 0 Å². The number of phenolic OH excluding ortho intramolecular Hbond substituents is 1. The van der Waals surface area contributed by atoms with Crippen LogP contribution in [0, 0.1) is 11.7 Å². The molecule has 1 aromatic rings. The van der Waals surface area contributed by atoms with Gasteiger partial charge in [0.2, 0.25) is 0 Å². The molecule has 1 aromatic carbocycles. The molecule has 1 rings (SSSR count).